The summed E-state index contributed by atoms with van der Waals surface area (Å²) >= 11 is 1.80. The fraction of sp³-hybridized carbons (Fsp3) is 0.0435. The van der Waals surface area contributed by atoms with Gasteiger partial charge in [-0.15, -0.1) is 11.8 Å². The lowest BCUT2D eigenvalue weighted by atomic mass is 9.99. The van der Waals surface area contributed by atoms with Crippen molar-refractivity contribution in [3.8, 4) is 11.1 Å². The molecule has 1 N–H and O–H groups in total. The summed E-state index contributed by atoms with van der Waals surface area (Å²) in [5.74, 6) is 0. The maximum atomic E-state index is 3.62. The van der Waals surface area contributed by atoms with E-state index in [1.54, 1.807) is 11.8 Å². The highest BCUT2D eigenvalue weighted by Gasteiger charge is 2.10. The second-order valence-corrected chi connectivity index (χ2v) is 7.14. The van der Waals surface area contributed by atoms with Crippen molar-refractivity contribution >= 4 is 44.3 Å². The minimum atomic E-state index is 1.19. The summed E-state index contributed by atoms with van der Waals surface area (Å²) in [5.41, 5.74) is 4.98. The molecule has 0 aliphatic rings. The summed E-state index contributed by atoms with van der Waals surface area (Å²) in [6, 6.07) is 28.4. The van der Waals surface area contributed by atoms with Gasteiger partial charge in [0.15, 0.2) is 0 Å². The maximum Gasteiger partial charge on any atom is 0.0544 e. The monoisotopic (exact) mass is 339 g/mol. The molecule has 5 rings (SSSR count). The van der Waals surface area contributed by atoms with E-state index in [4.69, 9.17) is 0 Å². The molecule has 0 aliphatic carbocycles. The maximum absolute atomic E-state index is 3.62. The fourth-order valence-electron chi connectivity index (χ4n) is 3.69. The minimum absolute atomic E-state index is 1.19. The van der Waals surface area contributed by atoms with Crippen molar-refractivity contribution in [1.29, 1.82) is 0 Å². The van der Waals surface area contributed by atoms with Crippen molar-refractivity contribution < 1.29 is 0 Å². The summed E-state index contributed by atoms with van der Waals surface area (Å²) in [7, 11) is 0. The van der Waals surface area contributed by atoms with Crippen molar-refractivity contribution in [2.75, 3.05) is 6.26 Å². The van der Waals surface area contributed by atoms with E-state index in [0.29, 0.717) is 0 Å². The van der Waals surface area contributed by atoms with Crippen LogP contribution in [0.15, 0.2) is 83.8 Å². The quantitative estimate of drug-likeness (QED) is 0.347. The standard InChI is InChI=1S/C23H17NS/c1-25-22-9-5-3-6-17(22)16-11-10-15-12-13-19-18-7-2-4-8-21(18)24-23(19)20(15)14-16/h2-14,24H,1H3. The first-order valence-electron chi connectivity index (χ1n) is 8.42. The molecule has 0 bridgehead atoms. The van der Waals surface area contributed by atoms with Crippen LogP contribution in [-0.2, 0) is 0 Å². The lowest BCUT2D eigenvalue weighted by Gasteiger charge is -2.09. The Bertz CT molecular complexity index is 1230. The number of hydrogen-bond donors (Lipinski definition) is 1. The number of rotatable bonds is 2. The first-order valence-corrected chi connectivity index (χ1v) is 9.64. The molecule has 0 atom stereocenters. The predicted molar refractivity (Wildman–Crippen MR) is 111 cm³/mol. The summed E-state index contributed by atoms with van der Waals surface area (Å²) < 4.78 is 0. The van der Waals surface area contributed by atoms with E-state index < -0.39 is 0 Å². The smallest absolute Gasteiger partial charge is 0.0544 e. The topological polar surface area (TPSA) is 15.8 Å². The largest absolute Gasteiger partial charge is 0.354 e. The highest BCUT2D eigenvalue weighted by Crippen LogP contribution is 2.35. The van der Waals surface area contributed by atoms with Gasteiger partial charge in [-0.3, -0.25) is 0 Å². The molecule has 1 heterocycles. The molecule has 2 heteroatoms. The third kappa shape index (κ3) is 2.25. The van der Waals surface area contributed by atoms with Gasteiger partial charge in [0.05, 0.1) is 5.52 Å². The second-order valence-electron chi connectivity index (χ2n) is 6.29. The molecule has 120 valence electrons. The van der Waals surface area contributed by atoms with Crippen LogP contribution in [0, 0.1) is 0 Å². The van der Waals surface area contributed by atoms with Crippen molar-refractivity contribution in [3.63, 3.8) is 0 Å². The third-order valence-corrected chi connectivity index (χ3v) is 5.71. The van der Waals surface area contributed by atoms with E-state index in [1.165, 1.54) is 48.6 Å². The molecule has 0 spiro atoms. The molecular weight excluding hydrogens is 322 g/mol. The molecule has 1 aromatic heterocycles. The summed E-state index contributed by atoms with van der Waals surface area (Å²) in [4.78, 5) is 4.93. The Morgan fingerprint density at radius 2 is 1.52 bits per heavy atom. The lowest BCUT2D eigenvalue weighted by Crippen LogP contribution is -1.83. The molecule has 0 unspecified atom stereocenters. The van der Waals surface area contributed by atoms with Crippen LogP contribution in [-0.4, -0.2) is 11.2 Å². The van der Waals surface area contributed by atoms with Crippen LogP contribution in [0.4, 0.5) is 0 Å². The molecular formula is C23H17NS. The number of H-pyrrole nitrogens is 1. The Morgan fingerprint density at radius 1 is 0.720 bits per heavy atom. The zero-order valence-corrected chi connectivity index (χ0v) is 14.7. The van der Waals surface area contributed by atoms with E-state index in [9.17, 15) is 0 Å². The van der Waals surface area contributed by atoms with Crippen molar-refractivity contribution in [2.24, 2.45) is 0 Å². The first kappa shape index (κ1) is 14.6. The van der Waals surface area contributed by atoms with E-state index in [2.05, 4.69) is 90.1 Å². The van der Waals surface area contributed by atoms with Crippen LogP contribution in [0.1, 0.15) is 0 Å². The fourth-order valence-corrected chi connectivity index (χ4v) is 4.31. The number of nitrogens with one attached hydrogen (secondary N) is 1. The van der Waals surface area contributed by atoms with Crippen LogP contribution < -0.4 is 0 Å². The average Bonchev–Trinajstić information content (AvgIpc) is 3.07. The van der Waals surface area contributed by atoms with Crippen LogP contribution in [0.25, 0.3) is 43.7 Å². The zero-order valence-electron chi connectivity index (χ0n) is 13.9. The normalized spacial score (nSPS) is 11.6. The molecule has 0 radical (unpaired) electrons. The van der Waals surface area contributed by atoms with E-state index in [1.807, 2.05) is 0 Å². The Hall–Kier alpha value is -2.71. The SMILES string of the molecule is CSc1ccccc1-c1ccc2ccc3c4ccccc4[nH]c3c2c1. The number of fused-ring (bicyclic) bond motifs is 5. The number of hydrogen-bond acceptors (Lipinski definition) is 1. The summed E-state index contributed by atoms with van der Waals surface area (Å²) in [6.07, 6.45) is 2.13. The van der Waals surface area contributed by atoms with Crippen LogP contribution in [0.5, 0.6) is 0 Å². The molecule has 0 fully saturated rings. The Morgan fingerprint density at radius 3 is 2.44 bits per heavy atom. The Labute approximate surface area is 150 Å². The van der Waals surface area contributed by atoms with Crippen molar-refractivity contribution in [1.82, 2.24) is 4.98 Å². The van der Waals surface area contributed by atoms with Gasteiger partial charge in [0, 0.05) is 26.6 Å². The third-order valence-electron chi connectivity index (χ3n) is 4.92. The van der Waals surface area contributed by atoms with Gasteiger partial charge in [-0.1, -0.05) is 60.7 Å². The van der Waals surface area contributed by atoms with Gasteiger partial charge in [-0.2, -0.15) is 0 Å². The van der Waals surface area contributed by atoms with E-state index >= 15 is 0 Å². The van der Waals surface area contributed by atoms with E-state index in [-0.39, 0.29) is 0 Å². The molecule has 5 aromatic rings. The van der Waals surface area contributed by atoms with Gasteiger partial charge in [-0.25, -0.2) is 0 Å². The van der Waals surface area contributed by atoms with Crippen molar-refractivity contribution in [2.45, 2.75) is 4.90 Å². The highest BCUT2D eigenvalue weighted by atomic mass is 32.2. The van der Waals surface area contributed by atoms with Gasteiger partial charge in [0.1, 0.15) is 0 Å². The van der Waals surface area contributed by atoms with Crippen molar-refractivity contribution in [3.05, 3.63) is 78.9 Å². The molecule has 4 aromatic carbocycles. The Kier molecular flexibility index (Phi) is 3.32. The molecule has 0 amide bonds. The number of aromatic nitrogens is 1. The molecule has 1 nitrogen and oxygen atoms in total. The van der Waals surface area contributed by atoms with Gasteiger partial charge in [0.25, 0.3) is 0 Å². The number of para-hydroxylation sites is 1. The van der Waals surface area contributed by atoms with Crippen LogP contribution in [0.3, 0.4) is 0 Å². The lowest BCUT2D eigenvalue weighted by molar-refractivity contribution is 1.45. The number of thioether (sulfide) groups is 1. The predicted octanol–water partition coefficient (Wildman–Crippen LogP) is 6.86. The first-order chi connectivity index (χ1) is 12.3. The molecule has 0 aliphatic heterocycles. The molecule has 25 heavy (non-hydrogen) atoms. The van der Waals surface area contributed by atoms with Crippen LogP contribution >= 0.6 is 11.8 Å². The number of aromatic amines is 1. The summed E-state index contributed by atoms with van der Waals surface area (Å²) in [5, 5.41) is 5.12. The molecule has 0 saturated carbocycles. The van der Waals surface area contributed by atoms with Gasteiger partial charge in [-0.05, 0) is 41.0 Å². The highest BCUT2D eigenvalue weighted by molar-refractivity contribution is 7.98. The van der Waals surface area contributed by atoms with Crippen LogP contribution in [0.2, 0.25) is 0 Å². The second kappa shape index (κ2) is 5.68. The van der Waals surface area contributed by atoms with Gasteiger partial charge >= 0.3 is 0 Å². The van der Waals surface area contributed by atoms with E-state index in [0.717, 1.165) is 0 Å². The Balaban J connectivity index is 1.85. The summed E-state index contributed by atoms with van der Waals surface area (Å²) in [6.45, 7) is 0. The average molecular weight is 339 g/mol. The zero-order chi connectivity index (χ0) is 16.8. The van der Waals surface area contributed by atoms with Gasteiger partial charge < -0.3 is 4.98 Å². The number of benzene rings is 4. The molecule has 0 saturated heterocycles. The minimum Gasteiger partial charge on any atom is -0.354 e. The van der Waals surface area contributed by atoms with Gasteiger partial charge in [0.2, 0.25) is 0 Å².